The van der Waals surface area contributed by atoms with Crippen LogP contribution in [0.15, 0.2) is 18.2 Å². The van der Waals surface area contributed by atoms with E-state index in [0.717, 1.165) is 6.07 Å². The highest BCUT2D eigenvalue weighted by atomic mass is 35.5. The fourth-order valence-electron chi connectivity index (χ4n) is 1.31. The molecule has 2 N–H and O–H groups in total. The molecule has 19 heavy (non-hydrogen) atoms. The first-order valence-electron chi connectivity index (χ1n) is 5.41. The second-order valence-electron chi connectivity index (χ2n) is 3.48. The molecular formula is C11H10ClFN4O2. The summed E-state index contributed by atoms with van der Waals surface area (Å²) in [6.07, 6.45) is 0. The van der Waals surface area contributed by atoms with Crippen LogP contribution in [0.4, 0.5) is 10.3 Å². The molecule has 0 aliphatic carbocycles. The van der Waals surface area contributed by atoms with Crippen molar-refractivity contribution in [3.8, 4) is 6.01 Å². The van der Waals surface area contributed by atoms with Crippen LogP contribution in [0.1, 0.15) is 17.3 Å². The van der Waals surface area contributed by atoms with E-state index in [-0.39, 0.29) is 22.5 Å². The van der Waals surface area contributed by atoms with E-state index in [1.54, 1.807) is 6.92 Å². The van der Waals surface area contributed by atoms with Crippen molar-refractivity contribution in [3.05, 3.63) is 34.6 Å². The predicted octanol–water partition coefficient (Wildman–Crippen LogP) is 2.25. The number of amides is 1. The molecule has 8 heteroatoms. The van der Waals surface area contributed by atoms with Crippen LogP contribution in [-0.4, -0.2) is 27.7 Å². The molecule has 1 amide bonds. The van der Waals surface area contributed by atoms with E-state index in [0.29, 0.717) is 6.61 Å². The Morgan fingerprint density at radius 1 is 1.58 bits per heavy atom. The average molecular weight is 285 g/mol. The highest BCUT2D eigenvalue weighted by Crippen LogP contribution is 2.17. The van der Waals surface area contributed by atoms with Gasteiger partial charge in [-0.2, -0.15) is 4.98 Å². The SMILES string of the molecule is CCOc1n[nH]c(NC(=O)c2ccc(F)c(Cl)c2)n1. The first kappa shape index (κ1) is 13.3. The number of aromatic nitrogens is 3. The lowest BCUT2D eigenvalue weighted by atomic mass is 10.2. The minimum atomic E-state index is -0.587. The molecule has 0 spiro atoms. The lowest BCUT2D eigenvalue weighted by Gasteiger charge is -2.02. The van der Waals surface area contributed by atoms with Gasteiger partial charge in [0.2, 0.25) is 5.95 Å². The van der Waals surface area contributed by atoms with Crippen molar-refractivity contribution >= 4 is 23.5 Å². The Balaban J connectivity index is 2.09. The number of carbonyl (C=O) groups excluding carboxylic acids is 1. The maximum Gasteiger partial charge on any atom is 0.337 e. The molecular weight excluding hydrogens is 275 g/mol. The van der Waals surface area contributed by atoms with Gasteiger partial charge < -0.3 is 4.74 Å². The summed E-state index contributed by atoms with van der Waals surface area (Å²) in [7, 11) is 0. The minimum Gasteiger partial charge on any atom is -0.463 e. The Kier molecular flexibility index (Phi) is 3.96. The molecule has 2 rings (SSSR count). The molecule has 0 saturated carbocycles. The number of carbonyl (C=O) groups is 1. The molecule has 6 nitrogen and oxygen atoms in total. The number of ether oxygens (including phenoxy) is 1. The van der Waals surface area contributed by atoms with E-state index >= 15 is 0 Å². The standard InChI is InChI=1S/C11H10ClFN4O2/c1-2-19-11-15-10(16-17-11)14-9(18)6-3-4-8(13)7(12)5-6/h3-5H,2H2,1H3,(H2,14,15,16,17,18). The number of aromatic amines is 1. The third-order valence-electron chi connectivity index (χ3n) is 2.15. The van der Waals surface area contributed by atoms with Crippen LogP contribution in [0.25, 0.3) is 0 Å². The van der Waals surface area contributed by atoms with Gasteiger partial charge in [-0.25, -0.2) is 9.49 Å². The number of hydrogen-bond donors (Lipinski definition) is 2. The predicted molar refractivity (Wildman–Crippen MR) is 66.9 cm³/mol. The highest BCUT2D eigenvalue weighted by Gasteiger charge is 2.11. The van der Waals surface area contributed by atoms with E-state index in [1.807, 2.05) is 0 Å². The van der Waals surface area contributed by atoms with Crippen LogP contribution >= 0.6 is 11.6 Å². The molecule has 100 valence electrons. The van der Waals surface area contributed by atoms with Crippen molar-refractivity contribution in [3.63, 3.8) is 0 Å². The number of rotatable bonds is 4. The molecule has 0 radical (unpaired) electrons. The molecule has 0 unspecified atom stereocenters. The fourth-order valence-corrected chi connectivity index (χ4v) is 1.49. The van der Waals surface area contributed by atoms with Crippen molar-refractivity contribution in [2.45, 2.75) is 6.92 Å². The number of H-pyrrole nitrogens is 1. The van der Waals surface area contributed by atoms with Crippen molar-refractivity contribution < 1.29 is 13.9 Å². The molecule has 1 aromatic heterocycles. The van der Waals surface area contributed by atoms with Crippen molar-refractivity contribution in [1.82, 2.24) is 15.2 Å². The molecule has 0 fully saturated rings. The second kappa shape index (κ2) is 5.66. The first-order chi connectivity index (χ1) is 9.10. The molecule has 0 atom stereocenters. The van der Waals surface area contributed by atoms with Gasteiger partial charge in [0, 0.05) is 5.56 Å². The van der Waals surface area contributed by atoms with Crippen LogP contribution in [0, 0.1) is 5.82 Å². The highest BCUT2D eigenvalue weighted by molar-refractivity contribution is 6.31. The van der Waals surface area contributed by atoms with E-state index in [1.165, 1.54) is 12.1 Å². The zero-order valence-corrected chi connectivity index (χ0v) is 10.7. The van der Waals surface area contributed by atoms with Gasteiger partial charge >= 0.3 is 6.01 Å². The number of halogens is 2. The third-order valence-corrected chi connectivity index (χ3v) is 2.44. The summed E-state index contributed by atoms with van der Waals surface area (Å²) in [6.45, 7) is 2.20. The minimum absolute atomic E-state index is 0.125. The fraction of sp³-hybridized carbons (Fsp3) is 0.182. The summed E-state index contributed by atoms with van der Waals surface area (Å²) >= 11 is 5.60. The monoisotopic (exact) mass is 284 g/mol. The van der Waals surface area contributed by atoms with E-state index in [4.69, 9.17) is 16.3 Å². The Bertz CT molecular complexity index is 602. The smallest absolute Gasteiger partial charge is 0.337 e. The van der Waals surface area contributed by atoms with Crippen LogP contribution < -0.4 is 10.1 Å². The first-order valence-corrected chi connectivity index (χ1v) is 5.79. The summed E-state index contributed by atoms with van der Waals surface area (Å²) < 4.78 is 18.0. The topological polar surface area (TPSA) is 79.9 Å². The van der Waals surface area contributed by atoms with Gasteiger partial charge in [0.05, 0.1) is 11.6 Å². The van der Waals surface area contributed by atoms with Crippen molar-refractivity contribution in [1.29, 1.82) is 0 Å². The van der Waals surface area contributed by atoms with Gasteiger partial charge in [-0.15, -0.1) is 5.10 Å². The van der Waals surface area contributed by atoms with Crippen molar-refractivity contribution in [2.24, 2.45) is 0 Å². The molecule has 0 bridgehead atoms. The summed E-state index contributed by atoms with van der Waals surface area (Å²) in [6, 6.07) is 3.79. The van der Waals surface area contributed by atoms with Crippen LogP contribution in [-0.2, 0) is 0 Å². The summed E-state index contributed by atoms with van der Waals surface area (Å²) in [5.41, 5.74) is 0.209. The van der Waals surface area contributed by atoms with Crippen molar-refractivity contribution in [2.75, 3.05) is 11.9 Å². The Labute approximate surface area is 112 Å². The third kappa shape index (κ3) is 3.19. The van der Waals surface area contributed by atoms with Gasteiger partial charge in [-0.3, -0.25) is 10.1 Å². The van der Waals surface area contributed by atoms with Gasteiger partial charge in [-0.05, 0) is 25.1 Å². The Morgan fingerprint density at radius 2 is 2.37 bits per heavy atom. The van der Waals surface area contributed by atoms with Gasteiger partial charge in [0.15, 0.2) is 0 Å². The maximum absolute atomic E-state index is 13.0. The van der Waals surface area contributed by atoms with Crippen LogP contribution in [0.5, 0.6) is 6.01 Å². The molecule has 1 aromatic carbocycles. The zero-order chi connectivity index (χ0) is 13.8. The largest absolute Gasteiger partial charge is 0.463 e. The zero-order valence-electron chi connectivity index (χ0n) is 9.91. The molecule has 0 saturated heterocycles. The number of nitrogens with one attached hydrogen (secondary N) is 2. The number of nitrogens with zero attached hydrogens (tertiary/aromatic N) is 2. The Hall–Kier alpha value is -2.15. The normalized spacial score (nSPS) is 10.3. The van der Waals surface area contributed by atoms with Crippen LogP contribution in [0.3, 0.4) is 0 Å². The van der Waals surface area contributed by atoms with Crippen LogP contribution in [0.2, 0.25) is 5.02 Å². The summed E-state index contributed by atoms with van der Waals surface area (Å²) in [5, 5.41) is 8.55. The van der Waals surface area contributed by atoms with Gasteiger partial charge in [-0.1, -0.05) is 11.6 Å². The molecule has 0 aliphatic heterocycles. The Morgan fingerprint density at radius 3 is 3.05 bits per heavy atom. The molecule has 2 aromatic rings. The maximum atomic E-state index is 13.0. The molecule has 1 heterocycles. The molecule has 0 aliphatic rings. The van der Waals surface area contributed by atoms with E-state index in [2.05, 4.69) is 20.5 Å². The van der Waals surface area contributed by atoms with Gasteiger partial charge in [0.25, 0.3) is 5.91 Å². The lowest BCUT2D eigenvalue weighted by molar-refractivity contribution is 0.102. The van der Waals surface area contributed by atoms with E-state index in [9.17, 15) is 9.18 Å². The number of benzene rings is 1. The quantitative estimate of drug-likeness (QED) is 0.902. The van der Waals surface area contributed by atoms with E-state index < -0.39 is 11.7 Å². The number of anilines is 1. The second-order valence-corrected chi connectivity index (χ2v) is 3.89. The summed E-state index contributed by atoms with van der Waals surface area (Å²) in [4.78, 5) is 15.7. The lowest BCUT2D eigenvalue weighted by Crippen LogP contribution is -2.13. The number of hydrogen-bond acceptors (Lipinski definition) is 4. The average Bonchev–Trinajstić information content (AvgIpc) is 2.80. The van der Waals surface area contributed by atoms with Gasteiger partial charge in [0.1, 0.15) is 5.82 Å². The summed E-state index contributed by atoms with van der Waals surface area (Å²) in [5.74, 6) is -0.938.